The first-order chi connectivity index (χ1) is 71.0. The monoisotopic (exact) mass is 1810 g/mol. The Kier molecular flexibility index (Phi) is 19.0. The Hall–Kier alpha value is -18.3. The molecule has 0 bridgehead atoms. The fourth-order valence-electron chi connectivity index (χ4n) is 25.2. The Morgan fingerprint density at radius 2 is 0.371 bits per heavy atom. The average molecular weight is 1810 g/mol. The normalized spacial score (nSPS) is 12.3. The number of nitrogens with zero attached hydrogens (tertiary/aromatic N) is 2. The van der Waals surface area contributed by atoms with Crippen LogP contribution in [0.1, 0.15) is 33.4 Å². The molecule has 664 valence electrons. The van der Waals surface area contributed by atoms with E-state index < -0.39 is 0 Å². The summed E-state index contributed by atoms with van der Waals surface area (Å²) in [6.45, 7) is 0. The molecule has 0 fully saturated rings. The minimum absolute atomic E-state index is 0.950. The number of rotatable bonds is 2. The Bertz CT molecular complexity index is 9510. The second kappa shape index (κ2) is 33.2. The van der Waals surface area contributed by atoms with E-state index in [1.54, 1.807) is 0 Å². The molecule has 0 saturated carbocycles. The largest absolute Gasteiger partial charge is 0.309 e. The van der Waals surface area contributed by atoms with Crippen LogP contribution in [0.4, 0.5) is 0 Å². The maximum atomic E-state index is 2.48. The molecule has 0 unspecified atom stereocenters. The summed E-state index contributed by atoms with van der Waals surface area (Å²) in [7, 11) is 0. The molecule has 2 heteroatoms. The fourth-order valence-corrected chi connectivity index (χ4v) is 25.2. The lowest BCUT2D eigenvalue weighted by Crippen LogP contribution is -1.99. The van der Waals surface area contributed by atoms with Gasteiger partial charge in [0.15, 0.2) is 0 Å². The smallest absolute Gasteiger partial charge is 0.0547 e. The number of para-hydroxylation sites is 4. The molecule has 2 heterocycles. The van der Waals surface area contributed by atoms with Gasteiger partial charge >= 0.3 is 0 Å². The van der Waals surface area contributed by atoms with Gasteiger partial charge in [-0.25, -0.2) is 0 Å². The van der Waals surface area contributed by atoms with Crippen molar-refractivity contribution in [1.29, 1.82) is 0 Å². The molecule has 0 spiro atoms. The van der Waals surface area contributed by atoms with Gasteiger partial charge in [0.05, 0.1) is 22.1 Å². The molecule has 23 aromatic carbocycles. The van der Waals surface area contributed by atoms with Gasteiger partial charge in [-0.2, -0.15) is 0 Å². The highest BCUT2D eigenvalue weighted by molar-refractivity contribution is 6.22. The number of benzene rings is 23. The molecule has 0 amide bonds. The van der Waals surface area contributed by atoms with E-state index in [2.05, 4.69) is 519 Å². The van der Waals surface area contributed by atoms with Gasteiger partial charge in [0.1, 0.15) is 0 Å². The van der Waals surface area contributed by atoms with Gasteiger partial charge in [-0.3, -0.25) is 0 Å². The van der Waals surface area contributed by atoms with Crippen LogP contribution in [0.5, 0.6) is 0 Å². The van der Waals surface area contributed by atoms with Crippen molar-refractivity contribution in [1.82, 2.24) is 9.13 Å². The molecule has 32 rings (SSSR count). The minimum Gasteiger partial charge on any atom is -0.309 e. The van der Waals surface area contributed by atoms with E-state index in [0.29, 0.717) is 0 Å². The van der Waals surface area contributed by atoms with Gasteiger partial charge in [-0.05, 0) is 331 Å². The quantitative estimate of drug-likeness (QED) is 0.163. The number of hydrogen-bond donors (Lipinski definition) is 0. The molecule has 2 aromatic heterocycles. The lowest BCUT2D eigenvalue weighted by atomic mass is 9.78. The average Bonchev–Trinajstić information content (AvgIpc) is 1.54. The van der Waals surface area contributed by atoms with Crippen LogP contribution < -0.4 is 0 Å². The molecule has 0 N–H and O–H groups in total. The van der Waals surface area contributed by atoms with Crippen molar-refractivity contribution in [2.75, 3.05) is 0 Å². The Morgan fingerprint density at radius 1 is 0.119 bits per heavy atom. The molecule has 0 aliphatic heterocycles. The van der Waals surface area contributed by atoms with E-state index in [-0.39, 0.29) is 0 Å². The van der Waals surface area contributed by atoms with Crippen LogP contribution in [0.3, 0.4) is 0 Å². The van der Waals surface area contributed by atoms with Crippen molar-refractivity contribution >= 4 is 43.6 Å². The Morgan fingerprint density at radius 3 is 0.776 bits per heavy atom. The van der Waals surface area contributed by atoms with E-state index >= 15 is 0 Å². The Labute approximate surface area is 831 Å². The lowest BCUT2D eigenvalue weighted by Gasteiger charge is -2.25. The van der Waals surface area contributed by atoms with Gasteiger partial charge in [-0.15, -0.1) is 0 Å². The summed E-state index contributed by atoms with van der Waals surface area (Å²) in [4.78, 5) is 0. The van der Waals surface area contributed by atoms with Crippen LogP contribution in [0, 0.1) is 0 Å². The number of fused-ring (bicyclic) bond motifs is 49. The summed E-state index contributed by atoms with van der Waals surface area (Å²) in [5.41, 5.74) is 65.9. The van der Waals surface area contributed by atoms with E-state index in [4.69, 9.17) is 0 Å². The second-order valence-electron chi connectivity index (χ2n) is 38.8. The molecule has 143 heavy (non-hydrogen) atoms. The minimum atomic E-state index is 0.950. The zero-order valence-corrected chi connectivity index (χ0v) is 78.5. The topological polar surface area (TPSA) is 9.86 Å². The first kappa shape index (κ1) is 81.8. The molecule has 25 aromatic rings. The maximum Gasteiger partial charge on any atom is 0.0547 e. The summed E-state index contributed by atoms with van der Waals surface area (Å²) in [6, 6.07) is 188. The molecule has 7 aliphatic rings. The summed E-state index contributed by atoms with van der Waals surface area (Å²) >= 11 is 0. The third-order valence-corrected chi connectivity index (χ3v) is 31.3. The van der Waals surface area contributed by atoms with E-state index in [1.165, 1.54) is 300 Å². The van der Waals surface area contributed by atoms with Gasteiger partial charge in [0.2, 0.25) is 0 Å². The predicted molar refractivity (Wildman–Crippen MR) is 600 cm³/mol. The van der Waals surface area contributed by atoms with E-state index in [1.807, 2.05) is 0 Å². The van der Waals surface area contributed by atoms with Crippen LogP contribution in [0.15, 0.2) is 510 Å². The Balaban J connectivity index is 0.0000000918. The van der Waals surface area contributed by atoms with Gasteiger partial charge in [-0.1, -0.05) is 437 Å². The van der Waals surface area contributed by atoms with Crippen molar-refractivity contribution in [3.8, 4) is 223 Å². The molecular formula is C141H90N2. The SMILES string of the molecule is c1ccc(-n2c3ccccc3c3c4c(ccc32)-c2ccccc2-c2ccccc2-c2ccccc2-4)cc1.c1ccc2c(c1)-c1ccccc1-c1cc3c(cc1-c1ccccc1-2)-c1cc(-n2c4ccccc4c4ccccc42)ccc1C3.c1ccc2c(c1)Cc1c-2ccc2c1-c1ccccc1-c1ccccc1-c1ccccc1-2.c1ccc2c(c1)Cc1cc3c(cc1-2)-c1ccccc1-c1ccccc1-c1ccccc1-3. The van der Waals surface area contributed by atoms with Crippen LogP contribution in [-0.4, -0.2) is 9.13 Å². The van der Waals surface area contributed by atoms with Crippen molar-refractivity contribution in [3.05, 3.63) is 543 Å². The van der Waals surface area contributed by atoms with Gasteiger partial charge in [0, 0.05) is 38.5 Å². The van der Waals surface area contributed by atoms with Crippen LogP contribution in [-0.2, 0) is 19.3 Å². The van der Waals surface area contributed by atoms with Crippen molar-refractivity contribution < 1.29 is 0 Å². The molecule has 7 aliphatic carbocycles. The third kappa shape index (κ3) is 13.0. The van der Waals surface area contributed by atoms with Crippen molar-refractivity contribution in [3.63, 3.8) is 0 Å². The highest BCUT2D eigenvalue weighted by atomic mass is 15.0. The maximum absolute atomic E-state index is 2.48. The fraction of sp³-hybridized carbons (Fsp3) is 0.0213. The number of hydrogen-bond acceptors (Lipinski definition) is 0. The zero-order chi connectivity index (χ0) is 93.8. The summed E-state index contributed by atoms with van der Waals surface area (Å²) in [6.07, 6.45) is 2.96. The van der Waals surface area contributed by atoms with E-state index in [9.17, 15) is 0 Å². The van der Waals surface area contributed by atoms with E-state index in [0.717, 1.165) is 19.3 Å². The molecular weight excluding hydrogens is 1720 g/mol. The lowest BCUT2D eigenvalue weighted by molar-refractivity contribution is 1.17. The van der Waals surface area contributed by atoms with Crippen molar-refractivity contribution in [2.45, 2.75) is 19.3 Å². The molecule has 0 atom stereocenters. The molecule has 2 nitrogen and oxygen atoms in total. The second-order valence-corrected chi connectivity index (χ2v) is 38.8. The predicted octanol–water partition coefficient (Wildman–Crippen LogP) is 37.6. The highest BCUT2D eigenvalue weighted by Crippen LogP contribution is 2.59. The molecule has 0 saturated heterocycles. The van der Waals surface area contributed by atoms with Crippen LogP contribution >= 0.6 is 0 Å². The van der Waals surface area contributed by atoms with Crippen molar-refractivity contribution in [2.24, 2.45) is 0 Å². The highest BCUT2D eigenvalue weighted by Gasteiger charge is 2.34. The molecule has 0 radical (unpaired) electrons. The summed E-state index contributed by atoms with van der Waals surface area (Å²) in [5.74, 6) is 0. The first-order valence-corrected chi connectivity index (χ1v) is 50.1. The standard InChI is InChI=1S/C43H27N.C36H23N.2C31H20/c1-2-12-31-30(11-1)32-13-3-5-15-34(32)40-24-28-23-27-21-22-29(25-38(27)39(28)26-41(40)35-16-6-4-14-33(31)35)44-42-19-9-7-17-36(42)37-18-8-10-20-43(37)44;1-2-12-24(13-3-1)37-33-21-11-10-20-32(33)36-34(37)23-22-31-29-18-7-6-16-27(29)25-14-4-5-15-26(25)28-17-8-9-19-30(28)35(31)36;1-2-10-22-20(9-1)17-21-18-30-27-15-7-5-13-25(27)23-11-3-4-12-24(23)26-14-6-8-16-28(26)31(30)19-29(21)22;1-2-10-21-20(9-1)19-30-27(21)17-18-29-26-15-6-5-13-24(26)22-11-3-4-12-23(22)25-14-7-8-16-28(25)31(29)30/h1-22,24-26H,23H2;1-23H;1-16,18-19H,17H2;1-18H,19H2. The van der Waals surface area contributed by atoms with Gasteiger partial charge in [0.25, 0.3) is 0 Å². The first-order valence-electron chi connectivity index (χ1n) is 50.1. The third-order valence-electron chi connectivity index (χ3n) is 31.3. The zero-order valence-electron chi connectivity index (χ0n) is 78.5. The summed E-state index contributed by atoms with van der Waals surface area (Å²) < 4.78 is 4.84. The number of aromatic nitrogens is 2. The van der Waals surface area contributed by atoms with Crippen LogP contribution in [0.2, 0.25) is 0 Å². The van der Waals surface area contributed by atoms with Gasteiger partial charge < -0.3 is 9.13 Å². The summed E-state index contributed by atoms with van der Waals surface area (Å²) in [5, 5.41) is 5.17. The van der Waals surface area contributed by atoms with Crippen LogP contribution in [0.25, 0.3) is 266 Å².